The number of hydrogen-bond donors (Lipinski definition) is 2. The number of phenolic OH excluding ortho intramolecular Hbond substituents is 1. The molecule has 1 saturated heterocycles. The highest BCUT2D eigenvalue weighted by Crippen LogP contribution is 2.32. The van der Waals surface area contributed by atoms with Crippen LogP contribution >= 0.6 is 0 Å². The van der Waals surface area contributed by atoms with E-state index < -0.39 is 0 Å². The number of nitrogens with one attached hydrogen (secondary N) is 1. The lowest BCUT2D eigenvalue weighted by Crippen LogP contribution is -3.11. The van der Waals surface area contributed by atoms with Crippen LogP contribution in [-0.4, -0.2) is 18.2 Å². The van der Waals surface area contributed by atoms with E-state index in [4.69, 9.17) is 4.42 Å². The molecule has 4 nitrogen and oxygen atoms in total. The van der Waals surface area contributed by atoms with Crippen LogP contribution in [0.15, 0.2) is 21.3 Å². The van der Waals surface area contributed by atoms with E-state index in [9.17, 15) is 9.90 Å². The minimum atomic E-state index is -0.209. The zero-order valence-electron chi connectivity index (χ0n) is 13.7. The molecule has 2 heterocycles. The topological polar surface area (TPSA) is 54.9 Å². The lowest BCUT2D eigenvalue weighted by atomic mass is 9.98. The van der Waals surface area contributed by atoms with Crippen LogP contribution < -0.4 is 10.5 Å². The predicted molar refractivity (Wildman–Crippen MR) is 89.0 cm³/mol. The fraction of sp³-hybridized carbons (Fsp3) is 0.526. The van der Waals surface area contributed by atoms with E-state index in [1.165, 1.54) is 17.7 Å². The summed E-state index contributed by atoms with van der Waals surface area (Å²) in [7, 11) is 0. The van der Waals surface area contributed by atoms with Gasteiger partial charge >= 0.3 is 5.63 Å². The molecule has 0 amide bonds. The third kappa shape index (κ3) is 2.55. The second-order valence-corrected chi connectivity index (χ2v) is 7.25. The van der Waals surface area contributed by atoms with Gasteiger partial charge in [-0.25, -0.2) is 4.79 Å². The maximum atomic E-state index is 12.3. The molecule has 4 heteroatoms. The van der Waals surface area contributed by atoms with Crippen molar-refractivity contribution in [2.75, 3.05) is 13.1 Å². The monoisotopic (exact) mass is 314 g/mol. The summed E-state index contributed by atoms with van der Waals surface area (Å²) in [5.74, 6) is 1.05. The lowest BCUT2D eigenvalue weighted by Gasteiger charge is -2.27. The fourth-order valence-electron chi connectivity index (χ4n) is 4.16. The molecule has 23 heavy (non-hydrogen) atoms. The first-order chi connectivity index (χ1) is 11.1. The summed E-state index contributed by atoms with van der Waals surface area (Å²) in [5, 5.41) is 11.4. The lowest BCUT2D eigenvalue weighted by molar-refractivity contribution is -0.919. The van der Waals surface area contributed by atoms with E-state index >= 15 is 0 Å². The number of rotatable bonds is 2. The molecule has 0 bridgehead atoms. The molecule has 0 unspecified atom stereocenters. The SMILES string of the molecule is CC1CC[NH+](Cc2c(O)ccc3c4c(c(=O)oc23)CCC4)CC1. The Morgan fingerprint density at radius 1 is 1.22 bits per heavy atom. The largest absolute Gasteiger partial charge is 0.507 e. The summed E-state index contributed by atoms with van der Waals surface area (Å²) >= 11 is 0. The molecule has 0 spiro atoms. The maximum absolute atomic E-state index is 12.3. The molecule has 2 aromatic rings. The highest BCUT2D eigenvalue weighted by atomic mass is 16.4. The highest BCUT2D eigenvalue weighted by Gasteiger charge is 2.25. The van der Waals surface area contributed by atoms with Gasteiger partial charge in [-0.05, 0) is 55.7 Å². The average molecular weight is 314 g/mol. The molecule has 122 valence electrons. The van der Waals surface area contributed by atoms with Gasteiger partial charge < -0.3 is 14.4 Å². The Morgan fingerprint density at radius 3 is 2.74 bits per heavy atom. The Labute approximate surface area is 135 Å². The number of phenols is 1. The van der Waals surface area contributed by atoms with E-state index in [0.29, 0.717) is 5.58 Å². The van der Waals surface area contributed by atoms with Gasteiger partial charge in [-0.1, -0.05) is 6.92 Å². The Balaban J connectivity index is 1.78. The van der Waals surface area contributed by atoms with Crippen molar-refractivity contribution in [1.29, 1.82) is 0 Å². The number of fused-ring (bicyclic) bond motifs is 3. The molecule has 1 aliphatic carbocycles. The number of piperidine rings is 1. The fourth-order valence-corrected chi connectivity index (χ4v) is 4.16. The summed E-state index contributed by atoms with van der Waals surface area (Å²) in [5.41, 5.74) is 3.19. The van der Waals surface area contributed by atoms with E-state index in [1.807, 2.05) is 6.07 Å². The summed E-state index contributed by atoms with van der Waals surface area (Å²) in [4.78, 5) is 13.7. The first-order valence-corrected chi connectivity index (χ1v) is 8.76. The quantitative estimate of drug-likeness (QED) is 0.831. The molecular weight excluding hydrogens is 290 g/mol. The molecule has 0 atom stereocenters. The zero-order valence-corrected chi connectivity index (χ0v) is 13.7. The van der Waals surface area contributed by atoms with Crippen molar-refractivity contribution in [3.05, 3.63) is 39.2 Å². The van der Waals surface area contributed by atoms with Crippen LogP contribution in [0.25, 0.3) is 11.0 Å². The number of aryl methyl sites for hydroxylation is 1. The van der Waals surface area contributed by atoms with E-state index in [0.717, 1.165) is 66.9 Å². The first kappa shape index (κ1) is 14.8. The first-order valence-electron chi connectivity index (χ1n) is 8.76. The highest BCUT2D eigenvalue weighted by molar-refractivity contribution is 5.86. The van der Waals surface area contributed by atoms with Gasteiger partial charge in [0.05, 0.1) is 18.7 Å². The molecule has 0 saturated carbocycles. The van der Waals surface area contributed by atoms with Gasteiger partial charge in [0.25, 0.3) is 0 Å². The minimum absolute atomic E-state index is 0.209. The van der Waals surface area contributed by atoms with Crippen molar-refractivity contribution >= 4 is 11.0 Å². The summed E-state index contributed by atoms with van der Waals surface area (Å²) in [6.07, 6.45) is 5.22. The van der Waals surface area contributed by atoms with Crippen LogP contribution in [0.3, 0.4) is 0 Å². The maximum Gasteiger partial charge on any atom is 0.339 e. The second kappa shape index (κ2) is 5.68. The van der Waals surface area contributed by atoms with Crippen molar-refractivity contribution in [1.82, 2.24) is 0 Å². The van der Waals surface area contributed by atoms with Crippen LogP contribution in [0.2, 0.25) is 0 Å². The predicted octanol–water partition coefficient (Wildman–Crippen LogP) is 1.80. The number of quaternary nitrogens is 1. The molecule has 1 aromatic heterocycles. The number of hydrogen-bond acceptors (Lipinski definition) is 3. The van der Waals surface area contributed by atoms with Crippen molar-refractivity contribution in [2.45, 2.75) is 45.6 Å². The number of benzene rings is 1. The molecule has 1 aliphatic heterocycles. The number of likely N-dealkylation sites (tertiary alicyclic amines) is 1. The van der Waals surface area contributed by atoms with E-state index in [1.54, 1.807) is 6.07 Å². The van der Waals surface area contributed by atoms with Gasteiger partial charge in [-0.2, -0.15) is 0 Å². The van der Waals surface area contributed by atoms with Crippen LogP contribution in [0, 0.1) is 5.92 Å². The average Bonchev–Trinajstić information content (AvgIpc) is 3.03. The molecule has 2 aliphatic rings. The summed E-state index contributed by atoms with van der Waals surface area (Å²) in [6.45, 7) is 5.27. The number of aromatic hydroxyl groups is 1. The summed E-state index contributed by atoms with van der Waals surface area (Å²) in [6, 6.07) is 3.68. The molecule has 1 fully saturated rings. The smallest absolute Gasteiger partial charge is 0.339 e. The summed E-state index contributed by atoms with van der Waals surface area (Å²) < 4.78 is 5.65. The third-order valence-corrected chi connectivity index (χ3v) is 5.63. The second-order valence-electron chi connectivity index (χ2n) is 7.25. The van der Waals surface area contributed by atoms with Gasteiger partial charge in [0.2, 0.25) is 0 Å². The van der Waals surface area contributed by atoms with E-state index in [-0.39, 0.29) is 11.4 Å². The molecule has 2 N–H and O–H groups in total. The van der Waals surface area contributed by atoms with Crippen LogP contribution in [-0.2, 0) is 19.4 Å². The van der Waals surface area contributed by atoms with Crippen LogP contribution in [0.1, 0.15) is 42.9 Å². The van der Waals surface area contributed by atoms with Crippen molar-refractivity contribution < 1.29 is 14.4 Å². The Kier molecular flexibility index (Phi) is 3.64. The van der Waals surface area contributed by atoms with E-state index in [2.05, 4.69) is 6.92 Å². The van der Waals surface area contributed by atoms with Crippen molar-refractivity contribution in [3.8, 4) is 5.75 Å². The van der Waals surface area contributed by atoms with Crippen LogP contribution in [0.5, 0.6) is 5.75 Å². The normalized spacial score (nSPS) is 24.0. The van der Waals surface area contributed by atoms with Crippen molar-refractivity contribution in [3.63, 3.8) is 0 Å². The van der Waals surface area contributed by atoms with Gasteiger partial charge in [-0.3, -0.25) is 0 Å². The molecule has 0 radical (unpaired) electrons. The van der Waals surface area contributed by atoms with Crippen LogP contribution in [0.4, 0.5) is 0 Å². The Hall–Kier alpha value is -1.81. The van der Waals surface area contributed by atoms with Gasteiger partial charge in [0, 0.05) is 10.9 Å². The van der Waals surface area contributed by atoms with Gasteiger partial charge in [-0.15, -0.1) is 0 Å². The molecule has 1 aromatic carbocycles. The van der Waals surface area contributed by atoms with Gasteiger partial charge in [0.15, 0.2) is 5.58 Å². The Bertz CT molecular complexity index is 800. The molecular formula is C19H24NO3+. The zero-order chi connectivity index (χ0) is 16.0. The van der Waals surface area contributed by atoms with Crippen molar-refractivity contribution in [2.24, 2.45) is 5.92 Å². The minimum Gasteiger partial charge on any atom is -0.507 e. The standard InChI is InChI=1S/C19H23NO3/c1-12-7-9-20(10-8-12)11-16-17(21)6-5-14-13-3-2-4-15(13)19(22)23-18(14)16/h5-6,12,21H,2-4,7-11H2,1H3/p+1. The Morgan fingerprint density at radius 2 is 1.96 bits per heavy atom. The molecule has 4 rings (SSSR count). The third-order valence-electron chi connectivity index (χ3n) is 5.63. The van der Waals surface area contributed by atoms with Gasteiger partial charge in [0.1, 0.15) is 12.3 Å².